The highest BCUT2D eigenvalue weighted by Crippen LogP contribution is 2.17. The van der Waals surface area contributed by atoms with Crippen LogP contribution in [-0.2, 0) is 0 Å². The first kappa shape index (κ1) is 11.0. The van der Waals surface area contributed by atoms with Gasteiger partial charge in [-0.05, 0) is 33.8 Å². The fourth-order valence-electron chi connectivity index (χ4n) is 1.05. The molecule has 0 aliphatic heterocycles. The molecule has 0 amide bonds. The summed E-state index contributed by atoms with van der Waals surface area (Å²) >= 11 is 0. The molecule has 0 saturated carbocycles. The van der Waals surface area contributed by atoms with Gasteiger partial charge in [0.25, 0.3) is 0 Å². The number of hydrogen-bond donors (Lipinski definition) is 1. The van der Waals surface area contributed by atoms with Crippen molar-refractivity contribution in [2.24, 2.45) is 5.73 Å². The van der Waals surface area contributed by atoms with E-state index in [9.17, 15) is 0 Å². The van der Waals surface area contributed by atoms with Crippen LogP contribution < -0.4 is 10.5 Å². The topological polar surface area (TPSA) is 48.1 Å². The van der Waals surface area contributed by atoms with Crippen LogP contribution in [0.15, 0.2) is 18.2 Å². The molecular formula is C11H18N2O. The summed E-state index contributed by atoms with van der Waals surface area (Å²) in [5.41, 5.74) is 6.36. The van der Waals surface area contributed by atoms with E-state index in [0.29, 0.717) is 5.88 Å². The van der Waals surface area contributed by atoms with E-state index in [2.05, 4.69) is 4.98 Å². The van der Waals surface area contributed by atoms with Crippen molar-refractivity contribution in [2.75, 3.05) is 0 Å². The Morgan fingerprint density at radius 3 is 2.50 bits per heavy atom. The average Bonchev–Trinajstić information content (AvgIpc) is 2.01. The van der Waals surface area contributed by atoms with Gasteiger partial charge in [-0.3, -0.25) is 0 Å². The SMILES string of the molecule is CC(N)c1cccc(OC(C)(C)C)n1. The lowest BCUT2D eigenvalue weighted by Crippen LogP contribution is -2.24. The van der Waals surface area contributed by atoms with Gasteiger partial charge in [0.15, 0.2) is 0 Å². The molecule has 0 spiro atoms. The van der Waals surface area contributed by atoms with E-state index in [1.807, 2.05) is 45.9 Å². The van der Waals surface area contributed by atoms with Gasteiger partial charge in [0.1, 0.15) is 5.60 Å². The summed E-state index contributed by atoms with van der Waals surface area (Å²) in [6.07, 6.45) is 0. The maximum absolute atomic E-state index is 5.73. The van der Waals surface area contributed by atoms with Gasteiger partial charge in [-0.15, -0.1) is 0 Å². The first-order chi connectivity index (χ1) is 6.38. The third-order valence-electron chi connectivity index (χ3n) is 1.62. The minimum Gasteiger partial charge on any atom is -0.472 e. The summed E-state index contributed by atoms with van der Waals surface area (Å²) < 4.78 is 5.63. The number of pyridine rings is 1. The Morgan fingerprint density at radius 2 is 2.00 bits per heavy atom. The Kier molecular flexibility index (Phi) is 3.11. The molecule has 1 atom stereocenters. The first-order valence-electron chi connectivity index (χ1n) is 4.80. The highest BCUT2D eigenvalue weighted by atomic mass is 16.5. The van der Waals surface area contributed by atoms with Crippen LogP contribution in [0.25, 0.3) is 0 Å². The van der Waals surface area contributed by atoms with Crippen molar-refractivity contribution < 1.29 is 4.74 Å². The highest BCUT2D eigenvalue weighted by molar-refractivity contribution is 5.18. The standard InChI is InChI=1S/C11H18N2O/c1-8(12)9-6-5-7-10(13-9)14-11(2,3)4/h5-8H,12H2,1-4H3. The second-order valence-electron chi connectivity index (χ2n) is 4.40. The van der Waals surface area contributed by atoms with Crippen molar-refractivity contribution in [3.05, 3.63) is 23.9 Å². The van der Waals surface area contributed by atoms with E-state index >= 15 is 0 Å². The molecule has 0 radical (unpaired) electrons. The predicted molar refractivity (Wildman–Crippen MR) is 57.2 cm³/mol. The van der Waals surface area contributed by atoms with Crippen molar-refractivity contribution in [3.8, 4) is 5.88 Å². The van der Waals surface area contributed by atoms with Crippen LogP contribution in [0.2, 0.25) is 0 Å². The van der Waals surface area contributed by atoms with Crippen molar-refractivity contribution >= 4 is 0 Å². The summed E-state index contributed by atoms with van der Waals surface area (Å²) in [7, 11) is 0. The van der Waals surface area contributed by atoms with Crippen LogP contribution in [0.3, 0.4) is 0 Å². The van der Waals surface area contributed by atoms with Crippen LogP contribution >= 0.6 is 0 Å². The summed E-state index contributed by atoms with van der Waals surface area (Å²) in [5.74, 6) is 0.632. The Bertz CT molecular complexity index is 302. The van der Waals surface area contributed by atoms with E-state index in [4.69, 9.17) is 10.5 Å². The summed E-state index contributed by atoms with van der Waals surface area (Å²) in [6.45, 7) is 7.89. The lowest BCUT2D eigenvalue weighted by molar-refractivity contribution is 0.123. The monoisotopic (exact) mass is 194 g/mol. The van der Waals surface area contributed by atoms with Gasteiger partial charge in [-0.2, -0.15) is 0 Å². The molecule has 78 valence electrons. The third kappa shape index (κ3) is 3.34. The lowest BCUT2D eigenvalue weighted by atomic mass is 10.2. The van der Waals surface area contributed by atoms with Gasteiger partial charge in [-0.1, -0.05) is 6.07 Å². The quantitative estimate of drug-likeness (QED) is 0.785. The number of nitrogens with zero attached hydrogens (tertiary/aromatic N) is 1. The Balaban J connectivity index is 2.84. The molecule has 0 aromatic carbocycles. The van der Waals surface area contributed by atoms with Crippen LogP contribution in [0.1, 0.15) is 39.4 Å². The molecule has 14 heavy (non-hydrogen) atoms. The van der Waals surface area contributed by atoms with E-state index in [1.54, 1.807) is 0 Å². The maximum atomic E-state index is 5.73. The minimum absolute atomic E-state index is 0.0569. The molecule has 0 bridgehead atoms. The lowest BCUT2D eigenvalue weighted by Gasteiger charge is -2.20. The second kappa shape index (κ2) is 3.96. The summed E-state index contributed by atoms with van der Waals surface area (Å²) in [6, 6.07) is 5.60. The van der Waals surface area contributed by atoms with Crippen molar-refractivity contribution in [1.29, 1.82) is 0 Å². The maximum Gasteiger partial charge on any atom is 0.214 e. The highest BCUT2D eigenvalue weighted by Gasteiger charge is 2.13. The van der Waals surface area contributed by atoms with E-state index < -0.39 is 0 Å². The van der Waals surface area contributed by atoms with E-state index in [1.165, 1.54) is 0 Å². The fraction of sp³-hybridized carbons (Fsp3) is 0.545. The molecule has 0 saturated heterocycles. The van der Waals surface area contributed by atoms with Crippen LogP contribution in [0.5, 0.6) is 5.88 Å². The van der Waals surface area contributed by atoms with E-state index in [-0.39, 0.29) is 11.6 Å². The number of nitrogens with two attached hydrogens (primary N) is 1. The third-order valence-corrected chi connectivity index (χ3v) is 1.62. The normalized spacial score (nSPS) is 13.8. The van der Waals surface area contributed by atoms with Gasteiger partial charge in [-0.25, -0.2) is 4.98 Å². The van der Waals surface area contributed by atoms with E-state index in [0.717, 1.165) is 5.69 Å². The van der Waals surface area contributed by atoms with Crippen molar-refractivity contribution in [3.63, 3.8) is 0 Å². The fourth-order valence-corrected chi connectivity index (χ4v) is 1.05. The van der Waals surface area contributed by atoms with Gasteiger partial charge >= 0.3 is 0 Å². The van der Waals surface area contributed by atoms with Gasteiger partial charge in [0.05, 0.1) is 5.69 Å². The molecule has 0 aliphatic rings. The molecule has 0 fully saturated rings. The molecular weight excluding hydrogens is 176 g/mol. The Labute approximate surface area is 85.3 Å². The molecule has 1 aromatic heterocycles. The molecule has 3 heteroatoms. The molecule has 1 unspecified atom stereocenters. The summed E-state index contributed by atoms with van der Waals surface area (Å²) in [4.78, 5) is 4.31. The smallest absolute Gasteiger partial charge is 0.214 e. The zero-order valence-corrected chi connectivity index (χ0v) is 9.24. The largest absolute Gasteiger partial charge is 0.472 e. The summed E-state index contributed by atoms with van der Waals surface area (Å²) in [5, 5.41) is 0. The zero-order valence-electron chi connectivity index (χ0n) is 9.24. The Hall–Kier alpha value is -1.09. The van der Waals surface area contributed by atoms with Gasteiger partial charge in [0, 0.05) is 12.1 Å². The molecule has 3 nitrogen and oxygen atoms in total. The Morgan fingerprint density at radius 1 is 1.36 bits per heavy atom. The molecule has 1 rings (SSSR count). The number of ether oxygens (including phenoxy) is 1. The zero-order chi connectivity index (χ0) is 10.8. The second-order valence-corrected chi connectivity index (χ2v) is 4.40. The molecule has 1 aromatic rings. The van der Waals surface area contributed by atoms with Gasteiger partial charge in [0.2, 0.25) is 5.88 Å². The van der Waals surface area contributed by atoms with Crippen LogP contribution in [-0.4, -0.2) is 10.6 Å². The molecule has 0 aliphatic carbocycles. The average molecular weight is 194 g/mol. The minimum atomic E-state index is -0.219. The molecule has 2 N–H and O–H groups in total. The number of rotatable bonds is 2. The first-order valence-corrected chi connectivity index (χ1v) is 4.80. The number of aromatic nitrogens is 1. The van der Waals surface area contributed by atoms with Crippen molar-refractivity contribution in [2.45, 2.75) is 39.3 Å². The molecule has 1 heterocycles. The van der Waals surface area contributed by atoms with Crippen molar-refractivity contribution in [1.82, 2.24) is 4.98 Å². The van der Waals surface area contributed by atoms with Gasteiger partial charge < -0.3 is 10.5 Å². The van der Waals surface area contributed by atoms with Crippen LogP contribution in [0.4, 0.5) is 0 Å². The van der Waals surface area contributed by atoms with Crippen LogP contribution in [0, 0.1) is 0 Å². The predicted octanol–water partition coefficient (Wildman–Crippen LogP) is 2.28. The number of hydrogen-bond acceptors (Lipinski definition) is 3.